The Kier molecular flexibility index (Phi) is 5.41. The molecule has 0 amide bonds. The number of rotatable bonds is 0. The van der Waals surface area contributed by atoms with Crippen molar-refractivity contribution in [2.45, 2.75) is 0 Å². The van der Waals surface area contributed by atoms with Crippen LogP contribution >= 0.6 is 0 Å². The van der Waals surface area contributed by atoms with E-state index in [1.165, 1.54) is 7.05 Å². The summed E-state index contributed by atoms with van der Waals surface area (Å²) in [5.74, 6) is 0. The van der Waals surface area contributed by atoms with Gasteiger partial charge < -0.3 is 5.73 Å². The standard InChI is InChI=1S/C6H15N3.CH5N/c1-7-4-8(2)6-9(3)5-7;1-2/h4-6H2,1-3H3;2H2,1H3. The molecule has 0 aromatic rings. The molecule has 1 saturated heterocycles. The second kappa shape index (κ2) is 5.49. The molecule has 1 rings (SSSR count). The van der Waals surface area contributed by atoms with Crippen molar-refractivity contribution in [3.63, 3.8) is 0 Å². The summed E-state index contributed by atoms with van der Waals surface area (Å²) in [6.07, 6.45) is 0. The summed E-state index contributed by atoms with van der Waals surface area (Å²) in [6.45, 7) is 3.26. The van der Waals surface area contributed by atoms with Gasteiger partial charge in [0.1, 0.15) is 0 Å². The first-order valence-electron chi connectivity index (χ1n) is 3.82. The fourth-order valence-electron chi connectivity index (χ4n) is 1.37. The van der Waals surface area contributed by atoms with E-state index in [1.54, 1.807) is 0 Å². The van der Waals surface area contributed by atoms with Crippen LogP contribution < -0.4 is 5.73 Å². The zero-order valence-electron chi connectivity index (χ0n) is 8.04. The third-order valence-electron chi connectivity index (χ3n) is 1.45. The molecule has 0 bridgehead atoms. The van der Waals surface area contributed by atoms with Crippen LogP contribution in [0.5, 0.6) is 0 Å². The smallest absolute Gasteiger partial charge is 0.0523 e. The van der Waals surface area contributed by atoms with Gasteiger partial charge in [-0.05, 0) is 28.2 Å². The third kappa shape index (κ3) is 4.31. The SMILES string of the molecule is CN.CN1CN(C)CN(C)C1. The van der Waals surface area contributed by atoms with Gasteiger partial charge in [-0.25, -0.2) is 0 Å². The van der Waals surface area contributed by atoms with E-state index < -0.39 is 0 Å². The molecule has 1 aliphatic rings. The van der Waals surface area contributed by atoms with Crippen molar-refractivity contribution >= 4 is 0 Å². The zero-order chi connectivity index (χ0) is 8.85. The number of hydrogen-bond acceptors (Lipinski definition) is 4. The Morgan fingerprint density at radius 2 is 0.909 bits per heavy atom. The second-order valence-electron chi connectivity index (χ2n) is 2.99. The molecule has 4 nitrogen and oxygen atoms in total. The molecule has 1 fully saturated rings. The fraction of sp³-hybridized carbons (Fsp3) is 1.00. The van der Waals surface area contributed by atoms with E-state index in [1.807, 2.05) is 0 Å². The molecule has 0 spiro atoms. The summed E-state index contributed by atoms with van der Waals surface area (Å²) >= 11 is 0. The molecular weight excluding hydrogens is 140 g/mol. The summed E-state index contributed by atoms with van der Waals surface area (Å²) in [4.78, 5) is 6.84. The summed E-state index contributed by atoms with van der Waals surface area (Å²) in [7, 11) is 7.89. The lowest BCUT2D eigenvalue weighted by molar-refractivity contribution is 0.0149. The minimum Gasteiger partial charge on any atom is -0.333 e. The van der Waals surface area contributed by atoms with Crippen LogP contribution in [0.2, 0.25) is 0 Å². The van der Waals surface area contributed by atoms with Crippen LogP contribution in [0.25, 0.3) is 0 Å². The number of hydrogen-bond donors (Lipinski definition) is 1. The molecule has 0 aliphatic carbocycles. The van der Waals surface area contributed by atoms with Crippen molar-refractivity contribution in [2.24, 2.45) is 5.73 Å². The Balaban J connectivity index is 0.000000461. The minimum atomic E-state index is 1.09. The van der Waals surface area contributed by atoms with Crippen molar-refractivity contribution in [3.05, 3.63) is 0 Å². The molecule has 1 aliphatic heterocycles. The fourth-order valence-corrected chi connectivity index (χ4v) is 1.37. The highest BCUT2D eigenvalue weighted by molar-refractivity contribution is 4.58. The summed E-state index contributed by atoms with van der Waals surface area (Å²) in [5.41, 5.74) is 4.50. The molecule has 2 N–H and O–H groups in total. The normalized spacial score (nSPS) is 22.6. The van der Waals surface area contributed by atoms with E-state index in [2.05, 4.69) is 41.6 Å². The first-order chi connectivity index (χ1) is 5.18. The van der Waals surface area contributed by atoms with Crippen LogP contribution in [0.1, 0.15) is 0 Å². The Labute approximate surface area is 69.5 Å². The highest BCUT2D eigenvalue weighted by atomic mass is 15.5. The lowest BCUT2D eigenvalue weighted by Gasteiger charge is -2.36. The molecular formula is C7H20N4. The van der Waals surface area contributed by atoms with Gasteiger partial charge in [0.05, 0.1) is 20.0 Å². The van der Waals surface area contributed by atoms with Crippen molar-refractivity contribution in [3.8, 4) is 0 Å². The van der Waals surface area contributed by atoms with Gasteiger partial charge in [0.2, 0.25) is 0 Å². The average Bonchev–Trinajstić information content (AvgIpc) is 1.88. The monoisotopic (exact) mass is 160 g/mol. The van der Waals surface area contributed by atoms with Crippen molar-refractivity contribution in [1.29, 1.82) is 0 Å². The van der Waals surface area contributed by atoms with E-state index in [-0.39, 0.29) is 0 Å². The molecule has 0 aromatic carbocycles. The molecule has 68 valence electrons. The van der Waals surface area contributed by atoms with Crippen LogP contribution in [0.15, 0.2) is 0 Å². The molecule has 0 saturated carbocycles. The number of nitrogens with zero attached hydrogens (tertiary/aromatic N) is 3. The molecule has 0 unspecified atom stereocenters. The molecule has 0 aromatic heterocycles. The quantitative estimate of drug-likeness (QED) is 0.505. The van der Waals surface area contributed by atoms with Crippen LogP contribution in [-0.4, -0.2) is 62.9 Å². The van der Waals surface area contributed by atoms with Gasteiger partial charge in [-0.15, -0.1) is 0 Å². The minimum absolute atomic E-state index is 1.09. The van der Waals surface area contributed by atoms with E-state index in [4.69, 9.17) is 0 Å². The summed E-state index contributed by atoms with van der Waals surface area (Å²) in [6, 6.07) is 0. The van der Waals surface area contributed by atoms with Crippen LogP contribution in [0.4, 0.5) is 0 Å². The average molecular weight is 160 g/mol. The van der Waals surface area contributed by atoms with Crippen LogP contribution in [0, 0.1) is 0 Å². The van der Waals surface area contributed by atoms with Gasteiger partial charge in [-0.3, -0.25) is 14.7 Å². The predicted molar refractivity (Wildman–Crippen MR) is 48.0 cm³/mol. The molecule has 0 radical (unpaired) electrons. The second-order valence-corrected chi connectivity index (χ2v) is 2.99. The maximum absolute atomic E-state index is 4.50. The van der Waals surface area contributed by atoms with Crippen LogP contribution in [-0.2, 0) is 0 Å². The largest absolute Gasteiger partial charge is 0.333 e. The van der Waals surface area contributed by atoms with Crippen LogP contribution in [0.3, 0.4) is 0 Å². The molecule has 0 atom stereocenters. The van der Waals surface area contributed by atoms with E-state index in [0.717, 1.165) is 20.0 Å². The lowest BCUT2D eigenvalue weighted by atomic mass is 10.6. The van der Waals surface area contributed by atoms with Crippen molar-refractivity contribution < 1.29 is 0 Å². The maximum Gasteiger partial charge on any atom is 0.0523 e. The zero-order valence-corrected chi connectivity index (χ0v) is 8.04. The topological polar surface area (TPSA) is 35.7 Å². The van der Waals surface area contributed by atoms with Gasteiger partial charge in [0, 0.05) is 0 Å². The Morgan fingerprint density at radius 1 is 0.727 bits per heavy atom. The third-order valence-corrected chi connectivity index (χ3v) is 1.45. The van der Waals surface area contributed by atoms with Gasteiger partial charge in [0.15, 0.2) is 0 Å². The molecule has 4 heteroatoms. The Hall–Kier alpha value is -0.160. The van der Waals surface area contributed by atoms with Gasteiger partial charge in [-0.2, -0.15) is 0 Å². The Bertz CT molecular complexity index is 71.4. The van der Waals surface area contributed by atoms with E-state index >= 15 is 0 Å². The summed E-state index contributed by atoms with van der Waals surface area (Å²) in [5, 5.41) is 0. The highest BCUT2D eigenvalue weighted by Gasteiger charge is 2.13. The first kappa shape index (κ1) is 10.8. The van der Waals surface area contributed by atoms with E-state index in [9.17, 15) is 0 Å². The van der Waals surface area contributed by atoms with E-state index in [0.29, 0.717) is 0 Å². The van der Waals surface area contributed by atoms with Gasteiger partial charge in [0.25, 0.3) is 0 Å². The first-order valence-corrected chi connectivity index (χ1v) is 3.82. The van der Waals surface area contributed by atoms with Gasteiger partial charge >= 0.3 is 0 Å². The maximum atomic E-state index is 4.50. The Morgan fingerprint density at radius 3 is 1.09 bits per heavy atom. The molecule has 1 heterocycles. The predicted octanol–water partition coefficient (Wildman–Crippen LogP) is -0.757. The van der Waals surface area contributed by atoms with Crippen molar-refractivity contribution in [1.82, 2.24) is 14.7 Å². The molecule has 11 heavy (non-hydrogen) atoms. The summed E-state index contributed by atoms with van der Waals surface area (Å²) < 4.78 is 0. The van der Waals surface area contributed by atoms with Gasteiger partial charge in [-0.1, -0.05) is 0 Å². The highest BCUT2D eigenvalue weighted by Crippen LogP contribution is 1.98. The number of nitrogens with two attached hydrogens (primary N) is 1. The van der Waals surface area contributed by atoms with Crippen molar-refractivity contribution in [2.75, 3.05) is 48.2 Å². The lowest BCUT2D eigenvalue weighted by Crippen LogP contribution is -2.50.